The van der Waals surface area contributed by atoms with Gasteiger partial charge in [0.1, 0.15) is 0 Å². The third-order valence-corrected chi connectivity index (χ3v) is 3.34. The van der Waals surface area contributed by atoms with E-state index in [9.17, 15) is 9.59 Å². The number of hydrogen-bond donors (Lipinski definition) is 2. The average molecular weight is 299 g/mol. The van der Waals surface area contributed by atoms with Crippen LogP contribution in [0.1, 0.15) is 19.8 Å². The van der Waals surface area contributed by atoms with Crippen molar-refractivity contribution in [3.8, 4) is 0 Å². The fourth-order valence-corrected chi connectivity index (χ4v) is 2.04. The fourth-order valence-electron chi connectivity index (χ4n) is 1.76. The molecule has 1 saturated heterocycles. The molecule has 0 aromatic carbocycles. The first-order valence-electron chi connectivity index (χ1n) is 6.92. The van der Waals surface area contributed by atoms with Gasteiger partial charge in [0.15, 0.2) is 11.0 Å². The molecule has 0 aliphatic carbocycles. The third-order valence-electron chi connectivity index (χ3n) is 3.02. The van der Waals surface area contributed by atoms with Crippen LogP contribution in [0, 0.1) is 5.92 Å². The molecule has 2 amide bonds. The maximum atomic E-state index is 12.3. The Balaban J connectivity index is 2.66. The Morgan fingerprint density at radius 2 is 2.15 bits per heavy atom. The lowest BCUT2D eigenvalue weighted by Crippen LogP contribution is -3.06. The summed E-state index contributed by atoms with van der Waals surface area (Å²) in [6, 6.07) is 0. The van der Waals surface area contributed by atoms with Crippen molar-refractivity contribution in [1.82, 2.24) is 10.2 Å². The van der Waals surface area contributed by atoms with Gasteiger partial charge in [0.05, 0.1) is 27.2 Å². The van der Waals surface area contributed by atoms with Gasteiger partial charge in [0.25, 0.3) is 0 Å². The Morgan fingerprint density at radius 1 is 1.45 bits per heavy atom. The number of nitrogens with zero attached hydrogens (tertiary/aromatic N) is 2. The van der Waals surface area contributed by atoms with E-state index < -0.39 is 5.92 Å². The van der Waals surface area contributed by atoms with Crippen molar-refractivity contribution in [2.24, 2.45) is 10.9 Å². The number of unbranched alkanes of at least 4 members (excludes halogenated alkanes) is 1. The normalized spacial score (nSPS) is 20.1. The van der Waals surface area contributed by atoms with Crippen molar-refractivity contribution in [1.29, 1.82) is 0 Å². The monoisotopic (exact) mass is 299 g/mol. The van der Waals surface area contributed by atoms with Crippen LogP contribution in [0.5, 0.6) is 0 Å². The van der Waals surface area contributed by atoms with Gasteiger partial charge in [-0.25, -0.2) is 0 Å². The van der Waals surface area contributed by atoms with Gasteiger partial charge in [0, 0.05) is 12.8 Å². The van der Waals surface area contributed by atoms with E-state index in [4.69, 9.17) is 12.2 Å². The van der Waals surface area contributed by atoms with Crippen LogP contribution in [-0.2, 0) is 9.59 Å². The summed E-state index contributed by atoms with van der Waals surface area (Å²) in [5.74, 6) is -1.50. The van der Waals surface area contributed by atoms with Gasteiger partial charge in [-0.3, -0.25) is 19.5 Å². The summed E-state index contributed by atoms with van der Waals surface area (Å²) >= 11 is 5.04. The molecule has 0 aromatic heterocycles. The van der Waals surface area contributed by atoms with Crippen LogP contribution in [0.3, 0.4) is 0 Å². The van der Waals surface area contributed by atoms with Crippen molar-refractivity contribution >= 4 is 35.4 Å². The molecule has 1 aliphatic rings. The maximum absolute atomic E-state index is 12.3. The van der Waals surface area contributed by atoms with Crippen LogP contribution in [0.25, 0.3) is 0 Å². The summed E-state index contributed by atoms with van der Waals surface area (Å²) in [6.45, 7) is 4.04. The number of nitrogens with one attached hydrogen (secondary N) is 2. The maximum Gasteiger partial charge on any atom is 0.246 e. The van der Waals surface area contributed by atoms with E-state index in [0.29, 0.717) is 13.1 Å². The number of carbonyl (C=O) groups is 2. The second-order valence-electron chi connectivity index (χ2n) is 5.13. The van der Waals surface area contributed by atoms with E-state index in [2.05, 4.69) is 10.3 Å². The molecule has 0 bridgehead atoms. The number of thiocarbonyl (C=S) groups is 1. The van der Waals surface area contributed by atoms with Gasteiger partial charge in [-0.05, 0) is 18.6 Å². The second-order valence-corrected chi connectivity index (χ2v) is 5.51. The molecule has 0 spiro atoms. The van der Waals surface area contributed by atoms with Crippen molar-refractivity contribution in [3.63, 3.8) is 0 Å². The first-order valence-corrected chi connectivity index (χ1v) is 7.33. The van der Waals surface area contributed by atoms with Gasteiger partial charge in [-0.15, -0.1) is 0 Å². The smallest absolute Gasteiger partial charge is 0.246 e. The molecule has 0 radical (unpaired) electrons. The van der Waals surface area contributed by atoms with Crippen LogP contribution in [0.2, 0.25) is 0 Å². The number of rotatable bonds is 7. The minimum absolute atomic E-state index is 0.204. The zero-order valence-corrected chi connectivity index (χ0v) is 13.1. The molecule has 2 N–H and O–H groups in total. The molecule has 1 atom stereocenters. The number of hydrogen-bond acceptors (Lipinski definition) is 4. The minimum atomic E-state index is -0.851. The van der Waals surface area contributed by atoms with Crippen LogP contribution in [0.4, 0.5) is 0 Å². The van der Waals surface area contributed by atoms with Gasteiger partial charge in [0.2, 0.25) is 11.8 Å². The SMILES string of the molecule is CCCCN1C(=O)[C@H](C=NCC[NH+](C)C)C(=O)NC1=S. The molecular formula is C13H23N4O2S+. The molecule has 0 aromatic rings. The first-order chi connectivity index (χ1) is 9.47. The van der Waals surface area contributed by atoms with Crippen molar-refractivity contribution in [2.75, 3.05) is 33.7 Å². The van der Waals surface area contributed by atoms with Crippen molar-refractivity contribution in [3.05, 3.63) is 0 Å². The molecule has 1 rings (SSSR count). The summed E-state index contributed by atoms with van der Waals surface area (Å²) in [5, 5.41) is 2.77. The highest BCUT2D eigenvalue weighted by molar-refractivity contribution is 7.80. The summed E-state index contributed by atoms with van der Waals surface area (Å²) in [5.41, 5.74) is 0. The van der Waals surface area contributed by atoms with E-state index in [1.165, 1.54) is 16.0 Å². The first kappa shape index (κ1) is 16.7. The highest BCUT2D eigenvalue weighted by atomic mass is 32.1. The summed E-state index contributed by atoms with van der Waals surface area (Å²) in [4.78, 5) is 31.0. The number of aliphatic imine (C=N–C) groups is 1. The lowest BCUT2D eigenvalue weighted by molar-refractivity contribution is -0.856. The lowest BCUT2D eigenvalue weighted by atomic mass is 10.1. The number of likely N-dealkylation sites (N-methyl/N-ethyl adjacent to an activating group) is 1. The van der Waals surface area contributed by atoms with Crippen LogP contribution >= 0.6 is 12.2 Å². The predicted octanol–water partition coefficient (Wildman–Crippen LogP) is -1.14. The Labute approximate surface area is 125 Å². The second kappa shape index (κ2) is 8.06. The van der Waals surface area contributed by atoms with E-state index in [-0.39, 0.29) is 16.9 Å². The van der Waals surface area contributed by atoms with Crippen LogP contribution < -0.4 is 10.2 Å². The number of quaternary nitrogens is 1. The molecule has 1 fully saturated rings. The molecule has 6 nitrogen and oxygen atoms in total. The van der Waals surface area contributed by atoms with Crippen molar-refractivity contribution in [2.45, 2.75) is 19.8 Å². The third kappa shape index (κ3) is 4.64. The van der Waals surface area contributed by atoms with E-state index in [1.807, 2.05) is 21.0 Å². The van der Waals surface area contributed by atoms with Crippen LogP contribution in [0.15, 0.2) is 4.99 Å². The van der Waals surface area contributed by atoms with E-state index in [0.717, 1.165) is 19.4 Å². The average Bonchev–Trinajstić information content (AvgIpc) is 2.37. The molecule has 112 valence electrons. The van der Waals surface area contributed by atoms with E-state index >= 15 is 0 Å². The number of carbonyl (C=O) groups excluding carboxylic acids is 2. The Morgan fingerprint density at radius 3 is 2.75 bits per heavy atom. The highest BCUT2D eigenvalue weighted by Gasteiger charge is 2.36. The Hall–Kier alpha value is -1.34. The molecule has 1 heterocycles. The standard InChI is InChI=1S/C13H22N4O2S/c1-4-5-7-17-12(19)10(11(18)15-13(17)20)9-14-6-8-16(2)3/h9-10H,4-8H2,1-3H3,(H,15,18,20)/p+1/t10-/m1/s1. The molecular weight excluding hydrogens is 276 g/mol. The Kier molecular flexibility index (Phi) is 6.74. The van der Waals surface area contributed by atoms with Gasteiger partial charge in [-0.1, -0.05) is 13.3 Å². The molecule has 0 unspecified atom stereocenters. The fraction of sp³-hybridized carbons (Fsp3) is 0.692. The molecule has 7 heteroatoms. The van der Waals surface area contributed by atoms with E-state index in [1.54, 1.807) is 0 Å². The zero-order valence-electron chi connectivity index (χ0n) is 12.3. The molecule has 1 aliphatic heterocycles. The Bertz CT molecular complexity index is 409. The van der Waals surface area contributed by atoms with Gasteiger partial charge in [-0.2, -0.15) is 0 Å². The van der Waals surface area contributed by atoms with Gasteiger partial charge >= 0.3 is 0 Å². The predicted molar refractivity (Wildman–Crippen MR) is 81.9 cm³/mol. The quantitative estimate of drug-likeness (QED) is 0.355. The largest absolute Gasteiger partial charge is 0.338 e. The summed E-state index contributed by atoms with van der Waals surface area (Å²) in [6.07, 6.45) is 3.27. The lowest BCUT2D eigenvalue weighted by Gasteiger charge is -2.30. The highest BCUT2D eigenvalue weighted by Crippen LogP contribution is 2.10. The topological polar surface area (TPSA) is 66.2 Å². The summed E-state index contributed by atoms with van der Waals surface area (Å²) < 4.78 is 0. The molecule has 20 heavy (non-hydrogen) atoms. The van der Waals surface area contributed by atoms with Crippen molar-refractivity contribution < 1.29 is 14.5 Å². The minimum Gasteiger partial charge on any atom is -0.338 e. The number of amides is 2. The zero-order chi connectivity index (χ0) is 15.1. The molecule has 0 saturated carbocycles. The van der Waals surface area contributed by atoms with Gasteiger partial charge < -0.3 is 10.2 Å². The van der Waals surface area contributed by atoms with Crippen LogP contribution in [-0.4, -0.2) is 61.8 Å². The summed E-state index contributed by atoms with van der Waals surface area (Å²) in [7, 11) is 4.05.